The standard InChI is InChI=1S/C38H31N3O/c1-3-8-29-13-18-35(19-14-29)41(37-12-7-11-32(24-37)31-9-5-4-6-10-31)36-20-15-30(16-21-36)17-22-38-25-33(23-28(2)42-38)34(26-39)27-40/h4-7,9-25H,3,8H2,1-2H3/b22-17+. The summed E-state index contributed by atoms with van der Waals surface area (Å²) in [5.74, 6) is 1.20. The molecule has 0 atom stereocenters. The first-order valence-electron chi connectivity index (χ1n) is 14.0. The van der Waals surface area contributed by atoms with Gasteiger partial charge in [0, 0.05) is 22.6 Å². The minimum Gasteiger partial charge on any atom is -0.462 e. The highest BCUT2D eigenvalue weighted by atomic mass is 16.5. The van der Waals surface area contributed by atoms with Crippen LogP contribution in [0.4, 0.5) is 17.1 Å². The van der Waals surface area contributed by atoms with Gasteiger partial charge in [0.2, 0.25) is 0 Å². The van der Waals surface area contributed by atoms with Crippen LogP contribution in [0.25, 0.3) is 17.2 Å². The van der Waals surface area contributed by atoms with Crippen molar-refractivity contribution in [2.75, 3.05) is 4.90 Å². The highest BCUT2D eigenvalue weighted by Gasteiger charge is 2.14. The molecule has 0 aromatic heterocycles. The number of hydrogen-bond acceptors (Lipinski definition) is 4. The number of ether oxygens (including phenoxy) is 1. The molecule has 0 fully saturated rings. The van der Waals surface area contributed by atoms with Crippen molar-refractivity contribution in [1.29, 1.82) is 10.5 Å². The fourth-order valence-electron chi connectivity index (χ4n) is 4.95. The molecule has 0 saturated carbocycles. The number of nitrogens with zero attached hydrogens (tertiary/aromatic N) is 3. The first-order valence-corrected chi connectivity index (χ1v) is 14.0. The molecular weight excluding hydrogens is 514 g/mol. The highest BCUT2D eigenvalue weighted by molar-refractivity contribution is 5.80. The molecule has 0 aliphatic carbocycles. The maximum Gasteiger partial charge on any atom is 0.137 e. The Labute approximate surface area is 248 Å². The first-order chi connectivity index (χ1) is 20.6. The van der Waals surface area contributed by atoms with Crippen molar-refractivity contribution >= 4 is 23.1 Å². The van der Waals surface area contributed by atoms with Gasteiger partial charge in [0.15, 0.2) is 0 Å². The van der Waals surface area contributed by atoms with Crippen LogP contribution in [0.3, 0.4) is 0 Å². The topological polar surface area (TPSA) is 60.0 Å². The molecule has 42 heavy (non-hydrogen) atoms. The van der Waals surface area contributed by atoms with Crippen LogP contribution in [0.2, 0.25) is 0 Å². The third-order valence-corrected chi connectivity index (χ3v) is 6.98. The Kier molecular flexibility index (Phi) is 8.78. The Morgan fingerprint density at radius 2 is 1.40 bits per heavy atom. The Hall–Kier alpha value is -5.58. The van der Waals surface area contributed by atoms with E-state index in [0.29, 0.717) is 17.1 Å². The van der Waals surface area contributed by atoms with Gasteiger partial charge in [-0.1, -0.05) is 86.2 Å². The average Bonchev–Trinajstić information content (AvgIpc) is 3.03. The second-order valence-electron chi connectivity index (χ2n) is 10.1. The Morgan fingerprint density at radius 1 is 0.738 bits per heavy atom. The van der Waals surface area contributed by atoms with Gasteiger partial charge in [-0.05, 0) is 90.2 Å². The van der Waals surface area contributed by atoms with Crippen molar-refractivity contribution in [3.63, 3.8) is 0 Å². The van der Waals surface area contributed by atoms with Gasteiger partial charge >= 0.3 is 0 Å². The van der Waals surface area contributed by atoms with Crippen molar-refractivity contribution < 1.29 is 4.74 Å². The van der Waals surface area contributed by atoms with Crippen LogP contribution in [-0.2, 0) is 11.2 Å². The van der Waals surface area contributed by atoms with Gasteiger partial charge in [0.1, 0.15) is 29.2 Å². The summed E-state index contributed by atoms with van der Waals surface area (Å²) in [7, 11) is 0. The lowest BCUT2D eigenvalue weighted by Crippen LogP contribution is -2.10. The minimum atomic E-state index is 0.0621. The van der Waals surface area contributed by atoms with Crippen molar-refractivity contribution in [1.82, 2.24) is 0 Å². The molecule has 0 spiro atoms. The maximum absolute atomic E-state index is 9.25. The summed E-state index contributed by atoms with van der Waals surface area (Å²) in [6.07, 6.45) is 9.40. The van der Waals surface area contributed by atoms with E-state index < -0.39 is 0 Å². The van der Waals surface area contributed by atoms with Crippen molar-refractivity contribution in [3.8, 4) is 23.3 Å². The Balaban J connectivity index is 1.47. The van der Waals surface area contributed by atoms with Crippen molar-refractivity contribution in [3.05, 3.63) is 155 Å². The van der Waals surface area contributed by atoms with E-state index in [-0.39, 0.29) is 5.57 Å². The molecule has 0 unspecified atom stereocenters. The van der Waals surface area contributed by atoms with Gasteiger partial charge in [-0.2, -0.15) is 10.5 Å². The van der Waals surface area contributed by atoms with Crippen molar-refractivity contribution in [2.45, 2.75) is 26.7 Å². The molecule has 1 aliphatic heterocycles. The molecule has 204 valence electrons. The molecule has 5 rings (SSSR count). The van der Waals surface area contributed by atoms with E-state index in [1.54, 1.807) is 19.1 Å². The molecular formula is C38H31N3O. The smallest absolute Gasteiger partial charge is 0.137 e. The molecule has 0 bridgehead atoms. The van der Waals surface area contributed by atoms with Crippen molar-refractivity contribution in [2.24, 2.45) is 0 Å². The quantitative estimate of drug-likeness (QED) is 0.207. The fourth-order valence-corrected chi connectivity index (χ4v) is 4.95. The largest absolute Gasteiger partial charge is 0.462 e. The second kappa shape index (κ2) is 13.2. The minimum absolute atomic E-state index is 0.0621. The fraction of sp³-hybridized carbons (Fsp3) is 0.105. The molecule has 0 radical (unpaired) electrons. The molecule has 4 heteroatoms. The number of hydrogen-bond donors (Lipinski definition) is 0. The zero-order valence-corrected chi connectivity index (χ0v) is 23.8. The number of rotatable bonds is 8. The predicted octanol–water partition coefficient (Wildman–Crippen LogP) is 9.95. The van der Waals surface area contributed by atoms with Crippen LogP contribution in [0, 0.1) is 22.7 Å². The van der Waals surface area contributed by atoms with E-state index in [0.717, 1.165) is 41.0 Å². The van der Waals surface area contributed by atoms with Crippen LogP contribution in [0.1, 0.15) is 31.4 Å². The summed E-state index contributed by atoms with van der Waals surface area (Å²) in [6.45, 7) is 4.00. The number of aryl methyl sites for hydroxylation is 1. The van der Waals surface area contributed by atoms with Gasteiger partial charge in [-0.25, -0.2) is 0 Å². The predicted molar refractivity (Wildman–Crippen MR) is 171 cm³/mol. The number of benzene rings is 4. The van der Waals surface area contributed by atoms with Crippen LogP contribution >= 0.6 is 0 Å². The van der Waals surface area contributed by atoms with E-state index in [1.807, 2.05) is 30.4 Å². The van der Waals surface area contributed by atoms with Crippen LogP contribution < -0.4 is 4.90 Å². The highest BCUT2D eigenvalue weighted by Crippen LogP contribution is 2.37. The molecule has 1 aliphatic rings. The third kappa shape index (κ3) is 6.58. The first kappa shape index (κ1) is 28.0. The number of anilines is 3. The summed E-state index contributed by atoms with van der Waals surface area (Å²) in [6, 6.07) is 40.1. The SMILES string of the molecule is CCCc1ccc(N(c2ccc(/C=C/C3=CC(=C(C#N)C#N)C=C(C)O3)cc2)c2cccc(-c3ccccc3)c2)cc1. The van der Waals surface area contributed by atoms with E-state index in [4.69, 9.17) is 4.74 Å². The summed E-state index contributed by atoms with van der Waals surface area (Å²) < 4.78 is 5.80. The van der Waals surface area contributed by atoms with Crippen LogP contribution in [0.5, 0.6) is 0 Å². The van der Waals surface area contributed by atoms with Gasteiger partial charge < -0.3 is 9.64 Å². The summed E-state index contributed by atoms with van der Waals surface area (Å²) in [4.78, 5) is 2.28. The summed E-state index contributed by atoms with van der Waals surface area (Å²) in [5.41, 5.74) is 8.51. The summed E-state index contributed by atoms with van der Waals surface area (Å²) >= 11 is 0. The Morgan fingerprint density at radius 3 is 2.07 bits per heavy atom. The maximum atomic E-state index is 9.25. The van der Waals surface area contributed by atoms with E-state index >= 15 is 0 Å². The number of allylic oxidation sites excluding steroid dienone is 6. The molecule has 0 amide bonds. The van der Waals surface area contributed by atoms with Crippen LogP contribution in [0.15, 0.2) is 144 Å². The lowest BCUT2D eigenvalue weighted by atomic mass is 10.0. The van der Waals surface area contributed by atoms with E-state index in [1.165, 1.54) is 11.1 Å². The van der Waals surface area contributed by atoms with Gasteiger partial charge in [0.25, 0.3) is 0 Å². The molecule has 1 heterocycles. The molecule has 4 aromatic rings. The molecule has 4 aromatic carbocycles. The lowest BCUT2D eigenvalue weighted by molar-refractivity contribution is 0.318. The third-order valence-electron chi connectivity index (χ3n) is 6.98. The van der Waals surface area contributed by atoms with E-state index in [2.05, 4.69) is 109 Å². The lowest BCUT2D eigenvalue weighted by Gasteiger charge is -2.26. The van der Waals surface area contributed by atoms with Gasteiger partial charge in [-0.3, -0.25) is 0 Å². The van der Waals surface area contributed by atoms with Crippen LogP contribution in [-0.4, -0.2) is 0 Å². The van der Waals surface area contributed by atoms with Gasteiger partial charge in [0.05, 0.1) is 0 Å². The zero-order valence-electron chi connectivity index (χ0n) is 23.8. The molecule has 4 nitrogen and oxygen atoms in total. The monoisotopic (exact) mass is 545 g/mol. The van der Waals surface area contributed by atoms with Gasteiger partial charge in [-0.15, -0.1) is 0 Å². The molecule has 0 N–H and O–H groups in total. The number of nitriles is 2. The molecule has 0 saturated heterocycles. The zero-order chi connectivity index (χ0) is 29.3. The average molecular weight is 546 g/mol. The van der Waals surface area contributed by atoms with E-state index in [9.17, 15) is 10.5 Å². The normalized spacial score (nSPS) is 12.5. The Bertz CT molecular complexity index is 1750. The second-order valence-corrected chi connectivity index (χ2v) is 10.1. The summed E-state index contributed by atoms with van der Waals surface area (Å²) in [5, 5.41) is 18.5.